The molecule has 0 saturated heterocycles. The molecule has 1 aliphatic rings. The molecule has 2 rings (SSSR count). The largest absolute Gasteiger partial charge is 0.478 e. The van der Waals surface area contributed by atoms with Crippen molar-refractivity contribution in [3.8, 4) is 0 Å². The van der Waals surface area contributed by atoms with E-state index in [2.05, 4.69) is 0 Å². The first kappa shape index (κ1) is 16.3. The number of aromatic carboxylic acids is 1. The highest BCUT2D eigenvalue weighted by molar-refractivity contribution is 5.87. The number of carboxylic acids is 1. The lowest BCUT2D eigenvalue weighted by molar-refractivity contribution is -0.223. The van der Waals surface area contributed by atoms with E-state index in [0.29, 0.717) is 5.56 Å². The summed E-state index contributed by atoms with van der Waals surface area (Å²) in [5.74, 6) is -2.09. The van der Waals surface area contributed by atoms with Gasteiger partial charge < -0.3 is 9.84 Å². The van der Waals surface area contributed by atoms with Gasteiger partial charge in [0.15, 0.2) is 0 Å². The van der Waals surface area contributed by atoms with Gasteiger partial charge in [0.25, 0.3) is 0 Å². The minimum atomic E-state index is -4.50. The number of hydrogen-bond donors (Lipinski definition) is 1. The van der Waals surface area contributed by atoms with Gasteiger partial charge in [-0.05, 0) is 17.7 Å². The molecule has 6 heteroatoms. The van der Waals surface area contributed by atoms with E-state index in [9.17, 15) is 18.0 Å². The Hall–Kier alpha value is -2.08. The molecule has 1 aliphatic carbocycles. The summed E-state index contributed by atoms with van der Waals surface area (Å²) in [5.41, 5.74) is -1.75. The van der Waals surface area contributed by atoms with Gasteiger partial charge in [0, 0.05) is 13.0 Å². The molecule has 1 N–H and O–H groups in total. The lowest BCUT2D eigenvalue weighted by atomic mass is 9.69. The maximum absolute atomic E-state index is 13.7. The SMILES string of the molecule is COCC1(C(F)(F)F)C=CC=CC1c1ccc(C(=O)O)cc1. The van der Waals surface area contributed by atoms with E-state index in [0.717, 1.165) is 6.08 Å². The highest BCUT2D eigenvalue weighted by Crippen LogP contribution is 2.52. The highest BCUT2D eigenvalue weighted by atomic mass is 19.4. The summed E-state index contributed by atoms with van der Waals surface area (Å²) in [6.07, 6.45) is 0.971. The molecule has 1 aromatic carbocycles. The summed E-state index contributed by atoms with van der Waals surface area (Å²) in [4.78, 5) is 10.9. The predicted octanol–water partition coefficient (Wildman–Crippen LogP) is 3.79. The normalized spacial score (nSPS) is 24.5. The van der Waals surface area contributed by atoms with Crippen LogP contribution in [0.5, 0.6) is 0 Å². The Morgan fingerprint density at radius 2 is 1.91 bits per heavy atom. The fraction of sp³-hybridized carbons (Fsp3) is 0.312. The lowest BCUT2D eigenvalue weighted by Crippen LogP contribution is -2.45. The van der Waals surface area contributed by atoms with Gasteiger partial charge in [-0.1, -0.05) is 36.4 Å². The molecule has 0 heterocycles. The molecular weight excluding hydrogens is 297 g/mol. The van der Waals surface area contributed by atoms with Crippen molar-refractivity contribution in [2.24, 2.45) is 5.41 Å². The molecule has 0 bridgehead atoms. The molecule has 0 aromatic heterocycles. The maximum atomic E-state index is 13.7. The van der Waals surface area contributed by atoms with Gasteiger partial charge in [0.2, 0.25) is 0 Å². The molecule has 1 aromatic rings. The van der Waals surface area contributed by atoms with Crippen molar-refractivity contribution in [3.05, 3.63) is 59.7 Å². The quantitative estimate of drug-likeness (QED) is 0.920. The number of hydrogen-bond acceptors (Lipinski definition) is 2. The maximum Gasteiger partial charge on any atom is 0.400 e. The van der Waals surface area contributed by atoms with Crippen LogP contribution in [0.4, 0.5) is 13.2 Å². The summed E-state index contributed by atoms with van der Waals surface area (Å²) in [6, 6.07) is 5.43. The van der Waals surface area contributed by atoms with Crippen molar-refractivity contribution in [2.75, 3.05) is 13.7 Å². The van der Waals surface area contributed by atoms with Crippen molar-refractivity contribution in [1.82, 2.24) is 0 Å². The number of halogens is 3. The first-order chi connectivity index (χ1) is 10.3. The Morgan fingerprint density at radius 1 is 1.27 bits per heavy atom. The van der Waals surface area contributed by atoms with E-state index in [1.165, 1.54) is 43.5 Å². The van der Waals surface area contributed by atoms with Gasteiger partial charge in [-0.15, -0.1) is 0 Å². The second kappa shape index (κ2) is 5.96. The molecule has 0 amide bonds. The van der Waals surface area contributed by atoms with Crippen LogP contribution in [-0.4, -0.2) is 31.0 Å². The fourth-order valence-electron chi connectivity index (χ4n) is 2.65. The highest BCUT2D eigenvalue weighted by Gasteiger charge is 2.58. The molecule has 22 heavy (non-hydrogen) atoms. The van der Waals surface area contributed by atoms with Crippen LogP contribution in [0.25, 0.3) is 0 Å². The molecule has 0 spiro atoms. The second-order valence-corrected chi connectivity index (χ2v) is 5.12. The van der Waals surface area contributed by atoms with E-state index >= 15 is 0 Å². The van der Waals surface area contributed by atoms with Crippen LogP contribution in [-0.2, 0) is 4.74 Å². The fourth-order valence-corrected chi connectivity index (χ4v) is 2.65. The standard InChI is InChI=1S/C16H15F3O3/c1-22-10-15(16(17,18)19)9-3-2-4-13(15)11-5-7-12(8-6-11)14(20)21/h2-9,13H,10H2,1H3,(H,20,21). The topological polar surface area (TPSA) is 46.5 Å². The van der Waals surface area contributed by atoms with Crippen LogP contribution in [0.2, 0.25) is 0 Å². The minimum Gasteiger partial charge on any atom is -0.478 e. The Bertz CT molecular complexity index is 602. The van der Waals surface area contributed by atoms with Crippen LogP contribution >= 0.6 is 0 Å². The van der Waals surface area contributed by atoms with Crippen LogP contribution in [0.15, 0.2) is 48.6 Å². The zero-order valence-corrected chi connectivity index (χ0v) is 11.8. The Morgan fingerprint density at radius 3 is 2.41 bits per heavy atom. The van der Waals surface area contributed by atoms with Crippen LogP contribution < -0.4 is 0 Å². The van der Waals surface area contributed by atoms with Crippen LogP contribution in [0.3, 0.4) is 0 Å². The monoisotopic (exact) mass is 312 g/mol. The van der Waals surface area contributed by atoms with E-state index in [4.69, 9.17) is 9.84 Å². The number of methoxy groups -OCH3 is 1. The minimum absolute atomic E-state index is 0.0310. The van der Waals surface area contributed by atoms with Gasteiger partial charge in [-0.3, -0.25) is 0 Å². The Labute approximate surface area is 125 Å². The van der Waals surface area contributed by atoms with Crippen molar-refractivity contribution >= 4 is 5.97 Å². The number of carboxylic acid groups (broad SMARTS) is 1. The van der Waals surface area contributed by atoms with Crippen LogP contribution in [0, 0.1) is 5.41 Å². The molecule has 0 fully saturated rings. The van der Waals surface area contributed by atoms with E-state index in [1.807, 2.05) is 0 Å². The third kappa shape index (κ3) is 2.78. The molecule has 2 atom stereocenters. The smallest absolute Gasteiger partial charge is 0.400 e. The molecule has 0 saturated carbocycles. The summed E-state index contributed by atoms with van der Waals surface area (Å²) in [5, 5.41) is 8.88. The third-order valence-corrected chi connectivity index (χ3v) is 3.79. The van der Waals surface area contributed by atoms with Gasteiger partial charge in [-0.25, -0.2) is 4.79 Å². The summed E-state index contributed by atoms with van der Waals surface area (Å²) in [7, 11) is 1.23. The van der Waals surface area contributed by atoms with E-state index in [1.54, 1.807) is 6.08 Å². The van der Waals surface area contributed by atoms with Crippen molar-refractivity contribution in [1.29, 1.82) is 0 Å². The summed E-state index contributed by atoms with van der Waals surface area (Å²) >= 11 is 0. The average Bonchev–Trinajstić information content (AvgIpc) is 2.47. The van der Waals surface area contributed by atoms with Gasteiger partial charge >= 0.3 is 12.1 Å². The van der Waals surface area contributed by atoms with E-state index in [-0.39, 0.29) is 5.56 Å². The van der Waals surface area contributed by atoms with Crippen molar-refractivity contribution in [3.63, 3.8) is 0 Å². The van der Waals surface area contributed by atoms with E-state index < -0.39 is 30.1 Å². The molecule has 3 nitrogen and oxygen atoms in total. The molecular formula is C16H15F3O3. The van der Waals surface area contributed by atoms with Gasteiger partial charge in [0.05, 0.1) is 12.2 Å². The average molecular weight is 312 g/mol. The first-order valence-corrected chi connectivity index (χ1v) is 6.57. The Balaban J connectivity index is 2.48. The third-order valence-electron chi connectivity index (χ3n) is 3.79. The number of allylic oxidation sites excluding steroid dienone is 3. The second-order valence-electron chi connectivity index (χ2n) is 5.12. The number of alkyl halides is 3. The Kier molecular flexibility index (Phi) is 4.42. The van der Waals surface area contributed by atoms with Gasteiger partial charge in [-0.2, -0.15) is 13.2 Å². The van der Waals surface area contributed by atoms with Gasteiger partial charge in [0.1, 0.15) is 5.41 Å². The lowest BCUT2D eigenvalue weighted by Gasteiger charge is -2.39. The number of benzene rings is 1. The molecule has 0 radical (unpaired) electrons. The molecule has 0 aliphatic heterocycles. The molecule has 118 valence electrons. The number of rotatable bonds is 4. The number of ether oxygens (including phenoxy) is 1. The number of carbonyl (C=O) groups is 1. The zero-order chi connectivity index (χ0) is 16.4. The predicted molar refractivity (Wildman–Crippen MR) is 74.8 cm³/mol. The summed E-state index contributed by atoms with van der Waals surface area (Å²) < 4.78 is 45.8. The first-order valence-electron chi connectivity index (χ1n) is 6.57. The zero-order valence-electron chi connectivity index (χ0n) is 11.8. The summed E-state index contributed by atoms with van der Waals surface area (Å²) in [6.45, 7) is -0.511. The van der Waals surface area contributed by atoms with Crippen molar-refractivity contribution in [2.45, 2.75) is 12.1 Å². The molecule has 2 unspecified atom stereocenters. The van der Waals surface area contributed by atoms with Crippen molar-refractivity contribution < 1.29 is 27.8 Å². The van der Waals surface area contributed by atoms with Crippen LogP contribution in [0.1, 0.15) is 21.8 Å².